The topological polar surface area (TPSA) is 76.1 Å². The summed E-state index contributed by atoms with van der Waals surface area (Å²) in [5.74, 6) is -1.30. The van der Waals surface area contributed by atoms with Gasteiger partial charge in [0.25, 0.3) is 11.7 Å². The number of aryl methyl sites for hydroxylation is 2. The number of aliphatic hydroxyl groups is 1. The fourth-order valence-electron chi connectivity index (χ4n) is 4.42. The number of anilines is 1. The second kappa shape index (κ2) is 9.64. The number of rotatable bonds is 5. The number of nitrogens with zero attached hydrogens (tertiary/aromatic N) is 1. The molecule has 1 aliphatic heterocycles. The summed E-state index contributed by atoms with van der Waals surface area (Å²) in [5, 5.41) is 11.7. The Morgan fingerprint density at radius 3 is 2.09 bits per heavy atom. The lowest BCUT2D eigenvalue weighted by molar-refractivity contribution is -0.132. The van der Waals surface area contributed by atoms with Gasteiger partial charge in [-0.3, -0.25) is 14.5 Å². The molecule has 0 aromatic heterocycles. The van der Waals surface area contributed by atoms with E-state index in [1.807, 2.05) is 32.0 Å². The summed E-state index contributed by atoms with van der Waals surface area (Å²) < 4.78 is 10.7. The molecule has 1 heterocycles. The fraction of sp³-hybridized carbons (Fsp3) is 0.185. The highest BCUT2D eigenvalue weighted by Crippen LogP contribution is 2.46. The molecule has 0 aliphatic carbocycles. The van der Waals surface area contributed by atoms with Gasteiger partial charge in [0, 0.05) is 16.8 Å². The van der Waals surface area contributed by atoms with E-state index in [0.29, 0.717) is 17.0 Å². The van der Waals surface area contributed by atoms with Gasteiger partial charge in [-0.05, 0) is 55.3 Å². The fourth-order valence-corrected chi connectivity index (χ4v) is 5.06. The van der Waals surface area contributed by atoms with Gasteiger partial charge in [0.15, 0.2) is 5.75 Å². The van der Waals surface area contributed by atoms with Gasteiger partial charge >= 0.3 is 0 Å². The molecule has 1 amide bonds. The highest BCUT2D eigenvalue weighted by Gasteiger charge is 2.48. The maximum atomic E-state index is 13.4. The number of halogens is 2. The summed E-state index contributed by atoms with van der Waals surface area (Å²) >= 11 is 12.6. The molecule has 3 aromatic carbocycles. The molecule has 1 unspecified atom stereocenters. The number of methoxy groups -OCH3 is 2. The van der Waals surface area contributed by atoms with E-state index < -0.39 is 23.5 Å². The number of ketones is 1. The van der Waals surface area contributed by atoms with Crippen molar-refractivity contribution in [3.8, 4) is 11.5 Å². The quantitative estimate of drug-likeness (QED) is 0.248. The molecule has 1 fully saturated rings. The summed E-state index contributed by atoms with van der Waals surface area (Å²) in [7, 11) is 2.93. The lowest BCUT2D eigenvalue weighted by Crippen LogP contribution is -2.29. The van der Waals surface area contributed by atoms with Crippen LogP contribution in [0.5, 0.6) is 11.5 Å². The number of aliphatic hydroxyl groups excluding tert-OH is 1. The first kappa shape index (κ1) is 24.6. The Morgan fingerprint density at radius 1 is 0.914 bits per heavy atom. The standard InChI is InChI=1S/C27H23Cl2NO5/c1-14-9-15(2)11-17(10-14)30-23(18-7-5-6-8-21(18)34-3)22(25(32)27(30)33)24(31)16-12-19(28)26(35-4)20(29)13-16/h5-13,23,31H,1-4H3/b24-22+. The Balaban J connectivity index is 2.02. The van der Waals surface area contributed by atoms with Gasteiger partial charge in [-0.25, -0.2) is 0 Å². The normalized spacial score (nSPS) is 17.1. The van der Waals surface area contributed by atoms with Gasteiger partial charge in [0.2, 0.25) is 0 Å². The smallest absolute Gasteiger partial charge is 0.300 e. The van der Waals surface area contributed by atoms with Crippen LogP contribution in [0.25, 0.3) is 5.76 Å². The first-order valence-electron chi connectivity index (χ1n) is 10.7. The summed E-state index contributed by atoms with van der Waals surface area (Å²) in [6.45, 7) is 3.82. The molecule has 180 valence electrons. The van der Waals surface area contributed by atoms with Crippen molar-refractivity contribution in [2.45, 2.75) is 19.9 Å². The van der Waals surface area contributed by atoms with Gasteiger partial charge in [0.1, 0.15) is 11.5 Å². The third-order valence-electron chi connectivity index (χ3n) is 5.84. The second-order valence-electron chi connectivity index (χ2n) is 8.23. The predicted molar refractivity (Wildman–Crippen MR) is 137 cm³/mol. The maximum Gasteiger partial charge on any atom is 0.300 e. The molecule has 1 aliphatic rings. The minimum Gasteiger partial charge on any atom is -0.507 e. The highest BCUT2D eigenvalue weighted by atomic mass is 35.5. The number of para-hydroxylation sites is 1. The van der Waals surface area contributed by atoms with Gasteiger partial charge in [0.05, 0.1) is 35.9 Å². The number of Topliss-reactive ketones (excluding diaryl/α,β-unsaturated/α-hetero) is 1. The van der Waals surface area contributed by atoms with Crippen molar-refractivity contribution in [1.82, 2.24) is 0 Å². The van der Waals surface area contributed by atoms with E-state index in [9.17, 15) is 14.7 Å². The van der Waals surface area contributed by atoms with Gasteiger partial charge in [-0.1, -0.05) is 47.5 Å². The largest absolute Gasteiger partial charge is 0.507 e. The Kier molecular flexibility index (Phi) is 6.79. The first-order valence-corrected chi connectivity index (χ1v) is 11.5. The molecule has 1 saturated heterocycles. The van der Waals surface area contributed by atoms with Crippen LogP contribution >= 0.6 is 23.2 Å². The third kappa shape index (κ3) is 4.35. The van der Waals surface area contributed by atoms with Gasteiger partial charge < -0.3 is 14.6 Å². The minimum atomic E-state index is -0.952. The van der Waals surface area contributed by atoms with Gasteiger partial charge in [-0.15, -0.1) is 0 Å². The van der Waals surface area contributed by atoms with Crippen molar-refractivity contribution in [2.24, 2.45) is 0 Å². The Hall–Kier alpha value is -3.48. The van der Waals surface area contributed by atoms with Crippen LogP contribution in [0.3, 0.4) is 0 Å². The summed E-state index contributed by atoms with van der Waals surface area (Å²) in [6, 6.07) is 14.6. The Bertz CT molecular complexity index is 1340. The minimum absolute atomic E-state index is 0.101. The molecule has 4 rings (SSSR count). The van der Waals surface area contributed by atoms with Crippen molar-refractivity contribution in [3.63, 3.8) is 0 Å². The molecular formula is C27H23Cl2NO5. The molecule has 0 radical (unpaired) electrons. The SMILES string of the molecule is COc1ccccc1C1/C(=C(\O)c2cc(Cl)c(OC)c(Cl)c2)C(=O)C(=O)N1c1cc(C)cc(C)c1. The van der Waals surface area contributed by atoms with E-state index >= 15 is 0 Å². The molecular weight excluding hydrogens is 489 g/mol. The average Bonchev–Trinajstić information content (AvgIpc) is 3.08. The number of hydrogen-bond acceptors (Lipinski definition) is 5. The average molecular weight is 512 g/mol. The van der Waals surface area contributed by atoms with E-state index in [0.717, 1.165) is 11.1 Å². The zero-order valence-electron chi connectivity index (χ0n) is 19.6. The van der Waals surface area contributed by atoms with E-state index in [1.54, 1.807) is 24.3 Å². The summed E-state index contributed by atoms with van der Waals surface area (Å²) in [6.07, 6.45) is 0. The van der Waals surface area contributed by atoms with Crippen LogP contribution in [0.2, 0.25) is 10.0 Å². The molecule has 1 atom stereocenters. The molecule has 8 heteroatoms. The van der Waals surface area contributed by atoms with Crippen LogP contribution < -0.4 is 14.4 Å². The molecule has 0 spiro atoms. The zero-order valence-corrected chi connectivity index (χ0v) is 21.1. The second-order valence-corrected chi connectivity index (χ2v) is 9.04. The van der Waals surface area contributed by atoms with Crippen molar-refractivity contribution in [2.75, 3.05) is 19.1 Å². The van der Waals surface area contributed by atoms with Crippen molar-refractivity contribution >= 4 is 46.3 Å². The summed E-state index contributed by atoms with van der Waals surface area (Å²) in [4.78, 5) is 28.2. The van der Waals surface area contributed by atoms with Crippen LogP contribution in [0.1, 0.15) is 28.3 Å². The van der Waals surface area contributed by atoms with Crippen LogP contribution in [0.4, 0.5) is 5.69 Å². The molecule has 35 heavy (non-hydrogen) atoms. The maximum absolute atomic E-state index is 13.4. The number of amides is 1. The van der Waals surface area contributed by atoms with Crippen LogP contribution in [-0.4, -0.2) is 31.0 Å². The Labute approximate surface area is 213 Å². The molecule has 6 nitrogen and oxygen atoms in total. The third-order valence-corrected chi connectivity index (χ3v) is 6.40. The molecule has 3 aromatic rings. The molecule has 1 N–H and O–H groups in total. The number of hydrogen-bond donors (Lipinski definition) is 1. The molecule has 0 bridgehead atoms. The highest BCUT2D eigenvalue weighted by molar-refractivity contribution is 6.52. The lowest BCUT2D eigenvalue weighted by Gasteiger charge is -2.27. The first-order chi connectivity index (χ1) is 16.7. The van der Waals surface area contributed by atoms with E-state index in [4.69, 9.17) is 32.7 Å². The van der Waals surface area contributed by atoms with E-state index in [2.05, 4.69) is 0 Å². The van der Waals surface area contributed by atoms with Crippen molar-refractivity contribution in [3.05, 3.63) is 92.5 Å². The predicted octanol–water partition coefficient (Wildman–Crippen LogP) is 6.25. The lowest BCUT2D eigenvalue weighted by atomic mass is 9.94. The van der Waals surface area contributed by atoms with Gasteiger partial charge in [-0.2, -0.15) is 0 Å². The van der Waals surface area contributed by atoms with Crippen molar-refractivity contribution < 1.29 is 24.2 Å². The number of carbonyl (C=O) groups excluding carboxylic acids is 2. The molecule has 0 saturated carbocycles. The zero-order chi connectivity index (χ0) is 25.4. The Morgan fingerprint density at radius 2 is 1.51 bits per heavy atom. The monoisotopic (exact) mass is 511 g/mol. The number of carbonyl (C=O) groups is 2. The van der Waals surface area contributed by atoms with Crippen LogP contribution in [0, 0.1) is 13.8 Å². The van der Waals surface area contributed by atoms with E-state index in [-0.39, 0.29) is 26.9 Å². The van der Waals surface area contributed by atoms with Crippen molar-refractivity contribution in [1.29, 1.82) is 0 Å². The number of ether oxygens (including phenoxy) is 2. The summed E-state index contributed by atoms with van der Waals surface area (Å²) in [5.41, 5.74) is 3.00. The number of benzene rings is 3. The van der Waals surface area contributed by atoms with Crippen LogP contribution in [0.15, 0.2) is 60.2 Å². The van der Waals surface area contributed by atoms with Crippen LogP contribution in [-0.2, 0) is 9.59 Å². The van der Waals surface area contributed by atoms with E-state index in [1.165, 1.54) is 31.3 Å².